The van der Waals surface area contributed by atoms with E-state index in [2.05, 4.69) is 20.0 Å². The van der Waals surface area contributed by atoms with Crippen LogP contribution in [0.5, 0.6) is 0 Å². The Balaban J connectivity index is 2.24. The van der Waals surface area contributed by atoms with Crippen LogP contribution in [0.15, 0.2) is 0 Å². The van der Waals surface area contributed by atoms with Gasteiger partial charge in [-0.1, -0.05) is 0 Å². The number of carbonyl (C=O) groups excluding carboxylic acids is 1. The highest BCUT2D eigenvalue weighted by Crippen LogP contribution is 2.18. The summed E-state index contributed by atoms with van der Waals surface area (Å²) < 4.78 is 4.62. The Labute approximate surface area is 81.9 Å². The quantitative estimate of drug-likeness (QED) is 0.661. The number of aromatic amines is 1. The summed E-state index contributed by atoms with van der Waals surface area (Å²) in [7, 11) is 1.36. The van der Waals surface area contributed by atoms with Gasteiger partial charge in [-0.05, 0) is 6.92 Å². The Morgan fingerprint density at radius 3 is 2.79 bits per heavy atom. The molecule has 0 bridgehead atoms. The summed E-state index contributed by atoms with van der Waals surface area (Å²) in [6, 6.07) is 0. The van der Waals surface area contributed by atoms with Gasteiger partial charge < -0.3 is 15.0 Å². The number of esters is 1. The van der Waals surface area contributed by atoms with Gasteiger partial charge in [-0.3, -0.25) is 0 Å². The van der Waals surface area contributed by atoms with Crippen molar-refractivity contribution < 1.29 is 9.53 Å². The fourth-order valence-corrected chi connectivity index (χ4v) is 1.45. The highest BCUT2D eigenvalue weighted by Gasteiger charge is 2.24. The number of hydrogen-bond donors (Lipinski definition) is 2. The fourth-order valence-electron chi connectivity index (χ4n) is 1.45. The van der Waals surface area contributed by atoms with Gasteiger partial charge in [-0.15, -0.1) is 0 Å². The molecule has 14 heavy (non-hydrogen) atoms. The maximum atomic E-state index is 11.3. The lowest BCUT2D eigenvalue weighted by atomic mass is 10.0. The Hall–Kier alpha value is -1.36. The molecule has 1 aromatic rings. The van der Waals surface area contributed by atoms with Crippen molar-refractivity contribution in [3.05, 3.63) is 17.2 Å². The van der Waals surface area contributed by atoms with E-state index in [9.17, 15) is 4.79 Å². The van der Waals surface area contributed by atoms with Crippen LogP contribution >= 0.6 is 0 Å². The predicted octanol–water partition coefficient (Wildman–Crippen LogP) is 0.192. The number of H-pyrrole nitrogens is 1. The lowest BCUT2D eigenvalue weighted by Crippen LogP contribution is -2.40. The number of aryl methyl sites for hydroxylation is 1. The van der Waals surface area contributed by atoms with Crippen molar-refractivity contribution in [3.8, 4) is 0 Å². The molecular weight excluding hydrogens is 182 g/mol. The normalized spacial score (nSPS) is 16.4. The van der Waals surface area contributed by atoms with Crippen molar-refractivity contribution in [1.82, 2.24) is 15.3 Å². The van der Waals surface area contributed by atoms with E-state index in [1.165, 1.54) is 7.11 Å². The first-order chi connectivity index (χ1) is 6.72. The van der Waals surface area contributed by atoms with Crippen LogP contribution in [0.4, 0.5) is 0 Å². The van der Waals surface area contributed by atoms with Crippen molar-refractivity contribution in [3.63, 3.8) is 0 Å². The SMILES string of the molecule is COC(=O)c1nc(C2CNC2)[nH]c1C. The summed E-state index contributed by atoms with van der Waals surface area (Å²) in [5.41, 5.74) is 1.17. The molecule has 2 heterocycles. The van der Waals surface area contributed by atoms with Gasteiger partial charge in [-0.25, -0.2) is 9.78 Å². The van der Waals surface area contributed by atoms with Crippen LogP contribution in [-0.4, -0.2) is 36.1 Å². The van der Waals surface area contributed by atoms with Crippen molar-refractivity contribution in [2.24, 2.45) is 0 Å². The molecule has 1 aliphatic rings. The first-order valence-corrected chi connectivity index (χ1v) is 4.58. The number of nitrogens with one attached hydrogen (secondary N) is 2. The first-order valence-electron chi connectivity index (χ1n) is 4.58. The lowest BCUT2D eigenvalue weighted by molar-refractivity contribution is 0.0593. The van der Waals surface area contributed by atoms with Crippen LogP contribution in [0.1, 0.15) is 27.9 Å². The van der Waals surface area contributed by atoms with E-state index >= 15 is 0 Å². The van der Waals surface area contributed by atoms with Crippen LogP contribution in [0, 0.1) is 6.92 Å². The molecule has 0 spiro atoms. The highest BCUT2D eigenvalue weighted by atomic mass is 16.5. The third-order valence-electron chi connectivity index (χ3n) is 2.45. The zero-order valence-electron chi connectivity index (χ0n) is 8.26. The van der Waals surface area contributed by atoms with Crippen LogP contribution in [0.3, 0.4) is 0 Å². The molecule has 5 heteroatoms. The van der Waals surface area contributed by atoms with E-state index < -0.39 is 0 Å². The molecule has 2 rings (SSSR count). The van der Waals surface area contributed by atoms with Gasteiger partial charge >= 0.3 is 5.97 Å². The molecule has 0 amide bonds. The van der Waals surface area contributed by atoms with E-state index in [1.54, 1.807) is 0 Å². The Morgan fingerprint density at radius 1 is 1.57 bits per heavy atom. The second-order valence-corrected chi connectivity index (χ2v) is 3.44. The van der Waals surface area contributed by atoms with Gasteiger partial charge in [0.1, 0.15) is 5.82 Å². The van der Waals surface area contributed by atoms with Gasteiger partial charge in [0.15, 0.2) is 5.69 Å². The third kappa shape index (κ3) is 1.39. The van der Waals surface area contributed by atoms with Crippen LogP contribution in [-0.2, 0) is 4.74 Å². The van der Waals surface area contributed by atoms with Gasteiger partial charge in [-0.2, -0.15) is 0 Å². The van der Waals surface area contributed by atoms with Crippen LogP contribution in [0.2, 0.25) is 0 Å². The Bertz CT molecular complexity index is 355. The minimum atomic E-state index is -0.378. The molecule has 1 aromatic heterocycles. The molecule has 2 N–H and O–H groups in total. The van der Waals surface area contributed by atoms with Gasteiger partial charge in [0.25, 0.3) is 0 Å². The van der Waals surface area contributed by atoms with Crippen molar-refractivity contribution in [1.29, 1.82) is 0 Å². The second kappa shape index (κ2) is 3.42. The number of carbonyl (C=O) groups is 1. The zero-order chi connectivity index (χ0) is 10.1. The van der Waals surface area contributed by atoms with Crippen molar-refractivity contribution in [2.75, 3.05) is 20.2 Å². The lowest BCUT2D eigenvalue weighted by Gasteiger charge is -2.24. The molecule has 1 fully saturated rings. The number of ether oxygens (including phenoxy) is 1. The minimum Gasteiger partial charge on any atom is -0.464 e. The topological polar surface area (TPSA) is 67.0 Å². The van der Waals surface area contributed by atoms with E-state index in [1.807, 2.05) is 6.92 Å². The summed E-state index contributed by atoms with van der Waals surface area (Å²) >= 11 is 0. The summed E-state index contributed by atoms with van der Waals surface area (Å²) in [5, 5.41) is 3.16. The molecule has 0 radical (unpaired) electrons. The maximum absolute atomic E-state index is 11.3. The maximum Gasteiger partial charge on any atom is 0.358 e. The predicted molar refractivity (Wildman–Crippen MR) is 50.3 cm³/mol. The zero-order valence-corrected chi connectivity index (χ0v) is 8.26. The standard InChI is InChI=1S/C9H13N3O2/c1-5-7(9(13)14-2)12-8(11-5)6-3-10-4-6/h6,10H,3-4H2,1-2H3,(H,11,12). The minimum absolute atomic E-state index is 0.378. The summed E-state index contributed by atoms with van der Waals surface area (Å²) in [6.07, 6.45) is 0. The summed E-state index contributed by atoms with van der Waals surface area (Å²) in [6.45, 7) is 3.68. The first kappa shape index (κ1) is 9.21. The number of aromatic nitrogens is 2. The summed E-state index contributed by atoms with van der Waals surface area (Å²) in [5.74, 6) is 0.908. The Kier molecular flexibility index (Phi) is 2.25. The number of hydrogen-bond acceptors (Lipinski definition) is 4. The van der Waals surface area contributed by atoms with Gasteiger partial charge in [0, 0.05) is 24.7 Å². The number of imidazole rings is 1. The number of methoxy groups -OCH3 is 1. The van der Waals surface area contributed by atoms with Crippen LogP contribution < -0.4 is 5.32 Å². The van der Waals surface area contributed by atoms with Crippen molar-refractivity contribution >= 4 is 5.97 Å². The van der Waals surface area contributed by atoms with Gasteiger partial charge in [0.05, 0.1) is 7.11 Å². The molecular formula is C9H13N3O2. The molecule has 76 valence electrons. The second-order valence-electron chi connectivity index (χ2n) is 3.44. The van der Waals surface area contributed by atoms with Gasteiger partial charge in [0.2, 0.25) is 0 Å². The molecule has 0 aliphatic carbocycles. The third-order valence-corrected chi connectivity index (χ3v) is 2.45. The molecule has 1 aliphatic heterocycles. The Morgan fingerprint density at radius 2 is 2.29 bits per heavy atom. The number of nitrogens with zero attached hydrogens (tertiary/aromatic N) is 1. The van der Waals surface area contributed by atoms with Crippen LogP contribution in [0.25, 0.3) is 0 Å². The van der Waals surface area contributed by atoms with E-state index in [4.69, 9.17) is 0 Å². The average Bonchev–Trinajstić information content (AvgIpc) is 2.43. The highest BCUT2D eigenvalue weighted by molar-refractivity contribution is 5.88. The smallest absolute Gasteiger partial charge is 0.358 e. The number of rotatable bonds is 2. The molecule has 0 atom stereocenters. The average molecular weight is 195 g/mol. The molecule has 0 aromatic carbocycles. The largest absolute Gasteiger partial charge is 0.464 e. The van der Waals surface area contributed by atoms with E-state index in [-0.39, 0.29) is 5.97 Å². The van der Waals surface area contributed by atoms with E-state index in [0.717, 1.165) is 24.6 Å². The van der Waals surface area contributed by atoms with E-state index in [0.29, 0.717) is 11.6 Å². The molecule has 0 unspecified atom stereocenters. The summed E-state index contributed by atoms with van der Waals surface area (Å²) in [4.78, 5) is 18.6. The molecule has 0 saturated carbocycles. The molecule has 5 nitrogen and oxygen atoms in total. The van der Waals surface area contributed by atoms with Crippen molar-refractivity contribution in [2.45, 2.75) is 12.8 Å². The fraction of sp³-hybridized carbons (Fsp3) is 0.556. The monoisotopic (exact) mass is 195 g/mol. The molecule has 1 saturated heterocycles.